The first-order valence-electron chi connectivity index (χ1n) is 10.4. The van der Waals surface area contributed by atoms with Gasteiger partial charge in [-0.05, 0) is 58.7 Å². The minimum atomic E-state index is -0.346. The summed E-state index contributed by atoms with van der Waals surface area (Å²) >= 11 is 0. The number of aromatic nitrogens is 2. The van der Waals surface area contributed by atoms with Gasteiger partial charge >= 0.3 is 0 Å². The van der Waals surface area contributed by atoms with E-state index in [0.717, 1.165) is 35.5 Å². The van der Waals surface area contributed by atoms with Crippen LogP contribution in [0.4, 0.5) is 0 Å². The van der Waals surface area contributed by atoms with Crippen molar-refractivity contribution in [3.05, 3.63) is 53.4 Å². The molecule has 0 spiro atoms. The quantitative estimate of drug-likeness (QED) is 0.706. The third kappa shape index (κ3) is 4.26. The first-order chi connectivity index (χ1) is 14.0. The molecule has 1 aliphatic heterocycles. The molecule has 1 atom stereocenters. The second-order valence-electron chi connectivity index (χ2n) is 7.37. The molecule has 6 heteroatoms. The third-order valence-electron chi connectivity index (χ3n) is 5.64. The molecule has 2 aromatic rings. The molecule has 1 aliphatic rings. The fourth-order valence-electron chi connectivity index (χ4n) is 4.00. The summed E-state index contributed by atoms with van der Waals surface area (Å²) in [6.07, 6.45) is 5.01. The predicted octanol–water partition coefficient (Wildman–Crippen LogP) is 3.36. The van der Waals surface area contributed by atoms with Gasteiger partial charge in [-0.15, -0.1) is 0 Å². The topological polar surface area (TPSA) is 58.4 Å². The van der Waals surface area contributed by atoms with E-state index in [4.69, 9.17) is 0 Å². The highest BCUT2D eigenvalue weighted by Crippen LogP contribution is 2.22. The normalized spacial score (nSPS) is 16.6. The lowest BCUT2D eigenvalue weighted by Crippen LogP contribution is -2.47. The standard InChI is InChI=1S/C23H30N4O2/c1-5-25(6-2)23(29)21-13-10-16-26(21)22(28)15-14-20-17(3)24-27(18(20)4)19-11-8-7-9-12-19/h7-9,11-12,14-15,21H,5-6,10,13,16H2,1-4H3. The van der Waals surface area contributed by atoms with Gasteiger partial charge < -0.3 is 9.80 Å². The number of carbonyl (C=O) groups excluding carboxylic acids is 2. The fraction of sp³-hybridized carbons (Fsp3) is 0.435. The van der Waals surface area contributed by atoms with Crippen molar-refractivity contribution in [1.29, 1.82) is 0 Å². The summed E-state index contributed by atoms with van der Waals surface area (Å²) < 4.78 is 1.89. The average molecular weight is 395 g/mol. The average Bonchev–Trinajstić information content (AvgIpc) is 3.33. The SMILES string of the molecule is CCN(CC)C(=O)C1CCCN1C(=O)C=Cc1c(C)nn(-c2ccccc2)c1C. The number of rotatable bonds is 6. The minimum Gasteiger partial charge on any atom is -0.341 e. The van der Waals surface area contributed by atoms with Gasteiger partial charge in [-0.2, -0.15) is 5.10 Å². The monoisotopic (exact) mass is 394 g/mol. The lowest BCUT2D eigenvalue weighted by Gasteiger charge is -2.28. The van der Waals surface area contributed by atoms with Crippen LogP contribution in [-0.2, 0) is 9.59 Å². The van der Waals surface area contributed by atoms with Gasteiger partial charge in [0.15, 0.2) is 0 Å². The Balaban J connectivity index is 1.79. The number of para-hydroxylation sites is 1. The first-order valence-corrected chi connectivity index (χ1v) is 10.4. The van der Waals surface area contributed by atoms with E-state index in [0.29, 0.717) is 19.6 Å². The van der Waals surface area contributed by atoms with E-state index in [9.17, 15) is 9.59 Å². The highest BCUT2D eigenvalue weighted by Gasteiger charge is 2.35. The number of nitrogens with zero attached hydrogens (tertiary/aromatic N) is 4. The van der Waals surface area contributed by atoms with Gasteiger partial charge in [-0.1, -0.05) is 18.2 Å². The van der Waals surface area contributed by atoms with Crippen molar-refractivity contribution in [3.63, 3.8) is 0 Å². The lowest BCUT2D eigenvalue weighted by atomic mass is 10.1. The van der Waals surface area contributed by atoms with Crippen molar-refractivity contribution < 1.29 is 9.59 Å². The van der Waals surface area contributed by atoms with Crippen molar-refractivity contribution in [2.24, 2.45) is 0 Å². The summed E-state index contributed by atoms with van der Waals surface area (Å²) in [4.78, 5) is 29.1. The Hall–Kier alpha value is -2.89. The van der Waals surface area contributed by atoms with Crippen LogP contribution in [0.1, 0.15) is 43.6 Å². The largest absolute Gasteiger partial charge is 0.341 e. The number of hydrogen-bond acceptors (Lipinski definition) is 3. The molecule has 29 heavy (non-hydrogen) atoms. The first kappa shape index (κ1) is 20.8. The molecule has 2 heterocycles. The van der Waals surface area contributed by atoms with E-state index in [2.05, 4.69) is 5.10 Å². The molecule has 154 valence electrons. The van der Waals surface area contributed by atoms with Gasteiger partial charge in [-0.3, -0.25) is 9.59 Å². The smallest absolute Gasteiger partial charge is 0.247 e. The van der Waals surface area contributed by atoms with Gasteiger partial charge in [0, 0.05) is 37.0 Å². The number of aryl methyl sites for hydroxylation is 1. The molecule has 1 aromatic carbocycles. The molecule has 0 aliphatic carbocycles. The zero-order chi connectivity index (χ0) is 21.0. The van der Waals surface area contributed by atoms with Crippen LogP contribution in [0.5, 0.6) is 0 Å². The van der Waals surface area contributed by atoms with Crippen molar-refractivity contribution in [2.75, 3.05) is 19.6 Å². The molecule has 1 unspecified atom stereocenters. The van der Waals surface area contributed by atoms with Crippen LogP contribution < -0.4 is 0 Å². The zero-order valence-corrected chi connectivity index (χ0v) is 17.8. The van der Waals surface area contributed by atoms with E-state index in [-0.39, 0.29) is 17.9 Å². The van der Waals surface area contributed by atoms with Crippen LogP contribution in [-0.4, -0.2) is 57.1 Å². The highest BCUT2D eigenvalue weighted by atomic mass is 16.2. The van der Waals surface area contributed by atoms with E-state index in [1.54, 1.807) is 15.9 Å². The van der Waals surface area contributed by atoms with Gasteiger partial charge in [0.1, 0.15) is 6.04 Å². The third-order valence-corrected chi connectivity index (χ3v) is 5.64. The van der Waals surface area contributed by atoms with Crippen molar-refractivity contribution in [3.8, 4) is 5.69 Å². The molecular formula is C23H30N4O2. The lowest BCUT2D eigenvalue weighted by molar-refractivity contribution is -0.141. The zero-order valence-electron chi connectivity index (χ0n) is 17.8. The van der Waals surface area contributed by atoms with Gasteiger partial charge in [0.25, 0.3) is 0 Å². The van der Waals surface area contributed by atoms with Crippen LogP contribution in [0, 0.1) is 13.8 Å². The maximum atomic E-state index is 12.9. The number of hydrogen-bond donors (Lipinski definition) is 0. The number of likely N-dealkylation sites (tertiary alicyclic amines) is 1. The Bertz CT molecular complexity index is 897. The molecular weight excluding hydrogens is 364 g/mol. The molecule has 0 radical (unpaired) electrons. The number of benzene rings is 1. The molecule has 0 bridgehead atoms. The van der Waals surface area contributed by atoms with Gasteiger partial charge in [0.05, 0.1) is 11.4 Å². The maximum absolute atomic E-state index is 12.9. The predicted molar refractivity (Wildman–Crippen MR) is 115 cm³/mol. The minimum absolute atomic E-state index is 0.0542. The van der Waals surface area contributed by atoms with E-state index >= 15 is 0 Å². The molecule has 2 amide bonds. The molecule has 0 saturated carbocycles. The van der Waals surface area contributed by atoms with Crippen molar-refractivity contribution in [2.45, 2.75) is 46.6 Å². The summed E-state index contributed by atoms with van der Waals surface area (Å²) in [6.45, 7) is 9.85. The Kier molecular flexibility index (Phi) is 6.52. The molecule has 6 nitrogen and oxygen atoms in total. The molecule has 1 fully saturated rings. The maximum Gasteiger partial charge on any atom is 0.247 e. The Morgan fingerprint density at radius 2 is 1.86 bits per heavy atom. The summed E-state index contributed by atoms with van der Waals surface area (Å²) in [5.41, 5.74) is 3.78. The van der Waals surface area contributed by atoms with Crippen molar-refractivity contribution in [1.82, 2.24) is 19.6 Å². The number of amides is 2. The van der Waals surface area contributed by atoms with Crippen molar-refractivity contribution >= 4 is 17.9 Å². The number of likely N-dealkylation sites (N-methyl/N-ethyl adjacent to an activating group) is 1. The summed E-state index contributed by atoms with van der Waals surface area (Å²) in [5, 5.41) is 4.62. The Labute approximate surface area is 172 Å². The number of carbonyl (C=O) groups is 2. The summed E-state index contributed by atoms with van der Waals surface area (Å²) in [5.74, 6) is -0.0576. The molecule has 0 N–H and O–H groups in total. The van der Waals surface area contributed by atoms with Crippen LogP contribution in [0.15, 0.2) is 36.4 Å². The summed E-state index contributed by atoms with van der Waals surface area (Å²) in [7, 11) is 0. The summed E-state index contributed by atoms with van der Waals surface area (Å²) in [6, 6.07) is 9.59. The van der Waals surface area contributed by atoms with E-state index in [1.165, 1.54) is 0 Å². The van der Waals surface area contributed by atoms with E-state index in [1.807, 2.05) is 68.8 Å². The van der Waals surface area contributed by atoms with E-state index < -0.39 is 0 Å². The molecule has 1 saturated heterocycles. The molecule has 1 aromatic heterocycles. The van der Waals surface area contributed by atoms with Gasteiger partial charge in [-0.25, -0.2) is 4.68 Å². The second-order valence-corrected chi connectivity index (χ2v) is 7.37. The second kappa shape index (κ2) is 9.07. The van der Waals surface area contributed by atoms with Crippen LogP contribution >= 0.6 is 0 Å². The Morgan fingerprint density at radius 3 is 2.52 bits per heavy atom. The fourth-order valence-corrected chi connectivity index (χ4v) is 4.00. The van der Waals surface area contributed by atoms with Crippen LogP contribution in [0.25, 0.3) is 11.8 Å². The Morgan fingerprint density at radius 1 is 1.17 bits per heavy atom. The highest BCUT2D eigenvalue weighted by molar-refractivity contribution is 5.96. The molecule has 3 rings (SSSR count). The van der Waals surface area contributed by atoms with Crippen LogP contribution in [0.3, 0.4) is 0 Å². The van der Waals surface area contributed by atoms with Crippen LogP contribution in [0.2, 0.25) is 0 Å². The van der Waals surface area contributed by atoms with Gasteiger partial charge in [0.2, 0.25) is 11.8 Å².